The first-order chi connectivity index (χ1) is 3.72. The molecule has 0 unspecified atom stereocenters. The first-order valence-electron chi connectivity index (χ1n) is 2.78. The smallest absolute Gasteiger partial charge is 0.0946 e. The van der Waals surface area contributed by atoms with Gasteiger partial charge in [-0.1, -0.05) is 19.9 Å². The molecule has 0 heterocycles. The summed E-state index contributed by atoms with van der Waals surface area (Å²) in [4.78, 5) is 0. The average Bonchev–Trinajstić information content (AvgIpc) is 1.69. The molecule has 0 aliphatic rings. The van der Waals surface area contributed by atoms with E-state index in [-0.39, 0.29) is 0 Å². The highest BCUT2D eigenvalue weighted by Crippen LogP contribution is 2.05. The minimum absolute atomic E-state index is 0.380. The summed E-state index contributed by atoms with van der Waals surface area (Å²) in [5, 5.41) is 8.38. The van der Waals surface area contributed by atoms with E-state index in [1.54, 1.807) is 0 Å². The van der Waals surface area contributed by atoms with E-state index in [0.717, 1.165) is 5.57 Å². The Labute approximate surface area is 50.6 Å². The molecule has 0 bridgehead atoms. The number of allylic oxidation sites excluding steroid dienone is 2. The third kappa shape index (κ3) is 1.79. The van der Waals surface area contributed by atoms with Crippen LogP contribution < -0.4 is 0 Å². The molecule has 0 aliphatic carbocycles. The second-order valence-electron chi connectivity index (χ2n) is 2.01. The fourth-order valence-corrected chi connectivity index (χ4v) is 0.527. The van der Waals surface area contributed by atoms with Crippen LogP contribution in [0.4, 0.5) is 0 Å². The molecular weight excluding hydrogens is 98.1 g/mol. The lowest BCUT2D eigenvalue weighted by Crippen LogP contribution is -1.88. The van der Waals surface area contributed by atoms with E-state index in [4.69, 9.17) is 5.26 Å². The highest BCUT2D eigenvalue weighted by Gasteiger charge is 1.96. The van der Waals surface area contributed by atoms with Crippen LogP contribution in [0.2, 0.25) is 0 Å². The predicted molar refractivity (Wildman–Crippen MR) is 34.2 cm³/mol. The van der Waals surface area contributed by atoms with Crippen LogP contribution in [0.15, 0.2) is 11.6 Å². The number of hydrogen-bond acceptors (Lipinski definition) is 1. The SMILES string of the molecule is C/C=C(/C#N)C(C)C. The molecule has 0 saturated carbocycles. The van der Waals surface area contributed by atoms with Crippen molar-refractivity contribution in [3.8, 4) is 6.07 Å². The summed E-state index contributed by atoms with van der Waals surface area (Å²) in [7, 11) is 0. The summed E-state index contributed by atoms with van der Waals surface area (Å²) in [5.41, 5.74) is 0.866. The van der Waals surface area contributed by atoms with Gasteiger partial charge in [0.2, 0.25) is 0 Å². The third-order valence-corrected chi connectivity index (χ3v) is 1.06. The summed E-state index contributed by atoms with van der Waals surface area (Å²) in [5.74, 6) is 0.380. The second kappa shape index (κ2) is 3.26. The van der Waals surface area contributed by atoms with Crippen molar-refractivity contribution in [1.82, 2.24) is 0 Å². The van der Waals surface area contributed by atoms with Crippen LogP contribution in [0.1, 0.15) is 20.8 Å². The van der Waals surface area contributed by atoms with Gasteiger partial charge in [-0.05, 0) is 12.8 Å². The Bertz CT molecular complexity index is 126. The van der Waals surface area contributed by atoms with Gasteiger partial charge >= 0.3 is 0 Å². The molecule has 0 rings (SSSR count). The van der Waals surface area contributed by atoms with Crippen LogP contribution in [0, 0.1) is 17.2 Å². The van der Waals surface area contributed by atoms with Crippen LogP contribution in [-0.2, 0) is 0 Å². The van der Waals surface area contributed by atoms with Crippen molar-refractivity contribution in [2.45, 2.75) is 20.8 Å². The maximum atomic E-state index is 8.38. The molecule has 0 saturated heterocycles. The third-order valence-electron chi connectivity index (χ3n) is 1.06. The van der Waals surface area contributed by atoms with Crippen LogP contribution in [-0.4, -0.2) is 0 Å². The highest BCUT2D eigenvalue weighted by atomic mass is 14.2. The van der Waals surface area contributed by atoms with E-state index >= 15 is 0 Å². The van der Waals surface area contributed by atoms with Crippen molar-refractivity contribution in [3.63, 3.8) is 0 Å². The Morgan fingerprint density at radius 3 is 2.12 bits per heavy atom. The van der Waals surface area contributed by atoms with Gasteiger partial charge in [0.05, 0.1) is 6.07 Å². The Kier molecular flexibility index (Phi) is 2.95. The molecule has 0 aliphatic heterocycles. The molecule has 0 spiro atoms. The predicted octanol–water partition coefficient (Wildman–Crippen LogP) is 2.11. The lowest BCUT2D eigenvalue weighted by Gasteiger charge is -1.97. The Morgan fingerprint density at radius 2 is 2.12 bits per heavy atom. The van der Waals surface area contributed by atoms with E-state index in [9.17, 15) is 0 Å². The molecule has 0 fully saturated rings. The number of nitrogens with zero attached hydrogens (tertiary/aromatic N) is 1. The van der Waals surface area contributed by atoms with E-state index in [1.165, 1.54) is 0 Å². The molecule has 0 aromatic rings. The summed E-state index contributed by atoms with van der Waals surface area (Å²) >= 11 is 0. The van der Waals surface area contributed by atoms with Crippen molar-refractivity contribution in [2.75, 3.05) is 0 Å². The molecule has 0 N–H and O–H groups in total. The van der Waals surface area contributed by atoms with Gasteiger partial charge < -0.3 is 0 Å². The largest absolute Gasteiger partial charge is 0.193 e. The van der Waals surface area contributed by atoms with Crippen molar-refractivity contribution >= 4 is 0 Å². The quantitative estimate of drug-likeness (QED) is 0.473. The fraction of sp³-hybridized carbons (Fsp3) is 0.571. The lowest BCUT2D eigenvalue weighted by atomic mass is 10.1. The molecule has 0 aromatic heterocycles. The molecule has 0 amide bonds. The molecule has 0 radical (unpaired) electrons. The van der Waals surface area contributed by atoms with Gasteiger partial charge in [0, 0.05) is 5.57 Å². The monoisotopic (exact) mass is 109 g/mol. The normalized spacial score (nSPS) is 11.6. The molecule has 1 nitrogen and oxygen atoms in total. The zero-order chi connectivity index (χ0) is 6.57. The van der Waals surface area contributed by atoms with E-state index in [1.807, 2.05) is 26.8 Å². The van der Waals surface area contributed by atoms with Crippen LogP contribution in [0.5, 0.6) is 0 Å². The minimum atomic E-state index is 0.380. The molecule has 0 aromatic carbocycles. The van der Waals surface area contributed by atoms with Gasteiger partial charge in [-0.3, -0.25) is 0 Å². The lowest BCUT2D eigenvalue weighted by molar-refractivity contribution is 0.793. The molecule has 0 atom stereocenters. The summed E-state index contributed by atoms with van der Waals surface area (Å²) in [6, 6.07) is 2.11. The molecule has 44 valence electrons. The standard InChI is InChI=1S/C7H11N/c1-4-7(5-8)6(2)3/h4,6H,1-3H3/b7-4-. The van der Waals surface area contributed by atoms with E-state index in [2.05, 4.69) is 6.07 Å². The average molecular weight is 109 g/mol. The zero-order valence-corrected chi connectivity index (χ0v) is 5.60. The van der Waals surface area contributed by atoms with Crippen LogP contribution in [0.3, 0.4) is 0 Å². The molecule has 8 heavy (non-hydrogen) atoms. The van der Waals surface area contributed by atoms with Crippen LogP contribution >= 0.6 is 0 Å². The second-order valence-corrected chi connectivity index (χ2v) is 2.01. The highest BCUT2D eigenvalue weighted by molar-refractivity contribution is 5.21. The van der Waals surface area contributed by atoms with Crippen molar-refractivity contribution in [3.05, 3.63) is 11.6 Å². The van der Waals surface area contributed by atoms with Gasteiger partial charge in [0.25, 0.3) is 0 Å². The molecular formula is C7H11N. The first kappa shape index (κ1) is 7.23. The van der Waals surface area contributed by atoms with E-state index in [0.29, 0.717) is 5.92 Å². The van der Waals surface area contributed by atoms with Gasteiger partial charge in [0.15, 0.2) is 0 Å². The van der Waals surface area contributed by atoms with Crippen LogP contribution in [0.25, 0.3) is 0 Å². The number of nitriles is 1. The zero-order valence-electron chi connectivity index (χ0n) is 5.60. The summed E-state index contributed by atoms with van der Waals surface area (Å²) < 4.78 is 0. The summed E-state index contributed by atoms with van der Waals surface area (Å²) in [6.07, 6.45) is 1.85. The van der Waals surface area contributed by atoms with Gasteiger partial charge in [-0.15, -0.1) is 0 Å². The Hall–Kier alpha value is -0.770. The van der Waals surface area contributed by atoms with Gasteiger partial charge in [0.1, 0.15) is 0 Å². The Balaban J connectivity index is 3.98. The molecule has 1 heteroatoms. The maximum Gasteiger partial charge on any atom is 0.0946 e. The van der Waals surface area contributed by atoms with E-state index < -0.39 is 0 Å². The summed E-state index contributed by atoms with van der Waals surface area (Å²) in [6.45, 7) is 5.91. The van der Waals surface area contributed by atoms with Crippen molar-refractivity contribution < 1.29 is 0 Å². The first-order valence-corrected chi connectivity index (χ1v) is 2.78. The van der Waals surface area contributed by atoms with Crippen molar-refractivity contribution in [2.24, 2.45) is 5.92 Å². The fourth-order valence-electron chi connectivity index (χ4n) is 0.527. The minimum Gasteiger partial charge on any atom is -0.193 e. The van der Waals surface area contributed by atoms with Gasteiger partial charge in [-0.25, -0.2) is 0 Å². The van der Waals surface area contributed by atoms with Crippen molar-refractivity contribution in [1.29, 1.82) is 5.26 Å². The maximum absolute atomic E-state index is 8.38. The van der Waals surface area contributed by atoms with Gasteiger partial charge in [-0.2, -0.15) is 5.26 Å². The topological polar surface area (TPSA) is 23.8 Å². The number of rotatable bonds is 1. The Morgan fingerprint density at radius 1 is 1.62 bits per heavy atom. The number of hydrogen-bond donors (Lipinski definition) is 0.